The highest BCUT2D eigenvalue weighted by Crippen LogP contribution is 2.12. The molecule has 160 valence electrons. The first-order valence-corrected chi connectivity index (χ1v) is 9.31. The van der Waals surface area contributed by atoms with E-state index in [1.54, 1.807) is 7.05 Å². The molecule has 0 radical (unpaired) electrons. The van der Waals surface area contributed by atoms with Gasteiger partial charge in [0.1, 0.15) is 5.75 Å². The van der Waals surface area contributed by atoms with Gasteiger partial charge in [-0.1, -0.05) is 12.1 Å². The number of hydrogen-bond acceptors (Lipinski definition) is 4. The number of benzene rings is 1. The third-order valence-electron chi connectivity index (χ3n) is 3.56. The van der Waals surface area contributed by atoms with E-state index >= 15 is 0 Å². The van der Waals surface area contributed by atoms with Crippen molar-refractivity contribution >= 4 is 35.8 Å². The second-order valence-corrected chi connectivity index (χ2v) is 7.73. The minimum atomic E-state index is -0.244. The molecule has 0 aliphatic heterocycles. The molecule has 1 rings (SSSR count). The van der Waals surface area contributed by atoms with E-state index in [2.05, 4.69) is 39.9 Å². The van der Waals surface area contributed by atoms with E-state index in [1.807, 2.05) is 45.0 Å². The Bertz CT molecular complexity index is 598. The minimum absolute atomic E-state index is 0. The van der Waals surface area contributed by atoms with E-state index in [-0.39, 0.29) is 42.0 Å². The Labute approximate surface area is 186 Å². The fraction of sp³-hybridized carbons (Fsp3) is 0.600. The number of carbonyl (C=O) groups is 1. The lowest BCUT2D eigenvalue weighted by Gasteiger charge is -2.21. The SMILES string of the molecule is CN=C(NCC(=O)NC(C)(C)C)NCc1ccc(OCCCN(C)C)cc1.I. The summed E-state index contributed by atoms with van der Waals surface area (Å²) in [6.07, 6.45) is 1.00. The van der Waals surface area contributed by atoms with Crippen LogP contribution in [0.25, 0.3) is 0 Å². The second kappa shape index (κ2) is 13.6. The van der Waals surface area contributed by atoms with Crippen LogP contribution in [0.15, 0.2) is 29.3 Å². The van der Waals surface area contributed by atoms with Crippen LogP contribution < -0.4 is 20.7 Å². The molecule has 8 heteroatoms. The van der Waals surface area contributed by atoms with Crippen molar-refractivity contribution in [2.75, 3.05) is 40.8 Å². The summed E-state index contributed by atoms with van der Waals surface area (Å²) in [6.45, 7) is 8.37. The summed E-state index contributed by atoms with van der Waals surface area (Å²) in [5, 5.41) is 9.12. The predicted octanol–water partition coefficient (Wildman–Crippen LogP) is 2.21. The smallest absolute Gasteiger partial charge is 0.239 e. The number of rotatable bonds is 9. The summed E-state index contributed by atoms with van der Waals surface area (Å²) in [5.41, 5.74) is 0.865. The van der Waals surface area contributed by atoms with E-state index in [4.69, 9.17) is 4.74 Å². The van der Waals surface area contributed by atoms with Crippen molar-refractivity contribution < 1.29 is 9.53 Å². The molecule has 28 heavy (non-hydrogen) atoms. The third kappa shape index (κ3) is 12.8. The Hall–Kier alpha value is -1.55. The van der Waals surface area contributed by atoms with Crippen LogP contribution in [-0.2, 0) is 11.3 Å². The molecule has 0 aliphatic carbocycles. The molecule has 0 saturated carbocycles. The van der Waals surface area contributed by atoms with Crippen LogP contribution in [0, 0.1) is 0 Å². The number of ether oxygens (including phenoxy) is 1. The molecule has 0 heterocycles. The van der Waals surface area contributed by atoms with Gasteiger partial charge >= 0.3 is 0 Å². The van der Waals surface area contributed by atoms with Crippen LogP contribution in [0.2, 0.25) is 0 Å². The van der Waals surface area contributed by atoms with E-state index in [0.717, 1.165) is 24.3 Å². The molecule has 0 aromatic heterocycles. The zero-order valence-corrected chi connectivity index (χ0v) is 20.3. The molecule has 1 aromatic carbocycles. The topological polar surface area (TPSA) is 78.0 Å². The average Bonchev–Trinajstić information content (AvgIpc) is 2.58. The lowest BCUT2D eigenvalue weighted by Crippen LogP contribution is -2.48. The van der Waals surface area contributed by atoms with Gasteiger partial charge in [0.15, 0.2) is 5.96 Å². The normalized spacial score (nSPS) is 11.6. The lowest BCUT2D eigenvalue weighted by atomic mass is 10.1. The summed E-state index contributed by atoms with van der Waals surface area (Å²) in [7, 11) is 5.80. The van der Waals surface area contributed by atoms with Crippen LogP contribution in [0.1, 0.15) is 32.8 Å². The number of guanidine groups is 1. The zero-order valence-electron chi connectivity index (χ0n) is 18.0. The van der Waals surface area contributed by atoms with E-state index < -0.39 is 0 Å². The molecule has 0 saturated heterocycles. The number of carbonyl (C=O) groups excluding carboxylic acids is 1. The molecular formula is C20H36IN5O2. The van der Waals surface area contributed by atoms with E-state index in [1.165, 1.54) is 0 Å². The van der Waals surface area contributed by atoms with Gasteiger partial charge in [-0.3, -0.25) is 9.79 Å². The predicted molar refractivity (Wildman–Crippen MR) is 127 cm³/mol. The maximum Gasteiger partial charge on any atom is 0.239 e. The van der Waals surface area contributed by atoms with Crippen molar-refractivity contribution in [3.05, 3.63) is 29.8 Å². The fourth-order valence-electron chi connectivity index (χ4n) is 2.31. The van der Waals surface area contributed by atoms with E-state index in [0.29, 0.717) is 19.1 Å². The Kier molecular flexibility index (Phi) is 12.8. The number of aliphatic imine (C=N–C) groups is 1. The van der Waals surface area contributed by atoms with Crippen LogP contribution in [0.3, 0.4) is 0 Å². The average molecular weight is 505 g/mol. The molecule has 0 fully saturated rings. The van der Waals surface area contributed by atoms with Gasteiger partial charge in [0.2, 0.25) is 5.91 Å². The van der Waals surface area contributed by atoms with Gasteiger partial charge in [0.25, 0.3) is 0 Å². The van der Waals surface area contributed by atoms with Crippen molar-refractivity contribution in [2.45, 2.75) is 39.3 Å². The van der Waals surface area contributed by atoms with Crippen LogP contribution in [-0.4, -0.2) is 63.1 Å². The van der Waals surface area contributed by atoms with Crippen molar-refractivity contribution in [3.63, 3.8) is 0 Å². The standard InChI is InChI=1S/C20H35N5O2.HI/c1-20(2,3)24-18(26)15-23-19(21-4)22-14-16-8-10-17(11-9-16)27-13-7-12-25(5)6;/h8-11H,7,12-15H2,1-6H3,(H,24,26)(H2,21,22,23);1H. The van der Waals surface area contributed by atoms with E-state index in [9.17, 15) is 4.79 Å². The largest absolute Gasteiger partial charge is 0.494 e. The maximum absolute atomic E-state index is 11.9. The van der Waals surface area contributed by atoms with Gasteiger partial charge in [-0.2, -0.15) is 0 Å². The number of nitrogens with one attached hydrogen (secondary N) is 3. The molecule has 0 unspecified atom stereocenters. The number of amides is 1. The number of halogens is 1. The first-order chi connectivity index (χ1) is 12.7. The molecule has 0 bridgehead atoms. The fourth-order valence-corrected chi connectivity index (χ4v) is 2.31. The second-order valence-electron chi connectivity index (χ2n) is 7.73. The van der Waals surface area contributed by atoms with Gasteiger partial charge in [-0.15, -0.1) is 24.0 Å². The molecule has 1 amide bonds. The highest BCUT2D eigenvalue weighted by molar-refractivity contribution is 14.0. The van der Waals surface area contributed by atoms with Crippen LogP contribution >= 0.6 is 24.0 Å². The summed E-state index contributed by atoms with van der Waals surface area (Å²) in [5.74, 6) is 1.39. The molecule has 7 nitrogen and oxygen atoms in total. The molecule has 0 spiro atoms. The Morgan fingerprint density at radius 1 is 1.14 bits per heavy atom. The molecule has 0 aliphatic rings. The quantitative estimate of drug-likeness (QED) is 0.208. The third-order valence-corrected chi connectivity index (χ3v) is 3.56. The van der Waals surface area contributed by atoms with Gasteiger partial charge in [0.05, 0.1) is 13.2 Å². The molecule has 0 atom stereocenters. The Morgan fingerprint density at radius 2 is 1.79 bits per heavy atom. The summed E-state index contributed by atoms with van der Waals surface area (Å²) in [6, 6.07) is 7.99. The van der Waals surface area contributed by atoms with Gasteiger partial charge in [-0.25, -0.2) is 0 Å². The highest BCUT2D eigenvalue weighted by atomic mass is 127. The van der Waals surface area contributed by atoms with Crippen molar-refractivity contribution in [3.8, 4) is 5.75 Å². The monoisotopic (exact) mass is 505 g/mol. The van der Waals surface area contributed by atoms with Crippen molar-refractivity contribution in [1.82, 2.24) is 20.9 Å². The van der Waals surface area contributed by atoms with Crippen molar-refractivity contribution in [2.24, 2.45) is 4.99 Å². The highest BCUT2D eigenvalue weighted by Gasteiger charge is 2.13. The number of nitrogens with zero attached hydrogens (tertiary/aromatic N) is 2. The Morgan fingerprint density at radius 3 is 2.32 bits per heavy atom. The van der Waals surface area contributed by atoms with Gasteiger partial charge in [0, 0.05) is 25.7 Å². The summed E-state index contributed by atoms with van der Waals surface area (Å²) < 4.78 is 5.74. The first-order valence-electron chi connectivity index (χ1n) is 9.31. The first kappa shape index (κ1) is 26.4. The molecular weight excluding hydrogens is 469 g/mol. The van der Waals surface area contributed by atoms with Crippen molar-refractivity contribution in [1.29, 1.82) is 0 Å². The maximum atomic E-state index is 11.9. The summed E-state index contributed by atoms with van der Waals surface area (Å²) >= 11 is 0. The number of hydrogen-bond donors (Lipinski definition) is 3. The lowest BCUT2D eigenvalue weighted by molar-refractivity contribution is -0.121. The van der Waals surface area contributed by atoms with Gasteiger partial charge < -0.3 is 25.6 Å². The molecule has 3 N–H and O–H groups in total. The van der Waals surface area contributed by atoms with Crippen LogP contribution in [0.4, 0.5) is 0 Å². The molecule has 1 aromatic rings. The van der Waals surface area contributed by atoms with Crippen LogP contribution in [0.5, 0.6) is 5.75 Å². The zero-order chi connectivity index (χ0) is 20.3. The summed E-state index contributed by atoms with van der Waals surface area (Å²) in [4.78, 5) is 18.1. The van der Waals surface area contributed by atoms with Gasteiger partial charge in [-0.05, 0) is 59.0 Å². The Balaban J connectivity index is 0.00000729. The minimum Gasteiger partial charge on any atom is -0.494 e.